The maximum Gasteiger partial charge on any atom is 0.0926 e. The Labute approximate surface area is 95.6 Å². The molecule has 0 radical (unpaired) electrons. The largest absolute Gasteiger partial charge is 0.396 e. The van der Waals surface area contributed by atoms with Crippen molar-refractivity contribution in [3.05, 3.63) is 16.1 Å². The van der Waals surface area contributed by atoms with Crippen molar-refractivity contribution < 1.29 is 5.11 Å². The molecule has 0 unspecified atom stereocenters. The second-order valence-corrected chi connectivity index (χ2v) is 5.24. The van der Waals surface area contributed by atoms with E-state index in [2.05, 4.69) is 36.5 Å². The van der Waals surface area contributed by atoms with Gasteiger partial charge in [0.05, 0.1) is 10.7 Å². The number of aromatic nitrogens is 1. The lowest BCUT2D eigenvalue weighted by molar-refractivity contribution is 0.229. The normalized spacial score (nSPS) is 12.0. The Morgan fingerprint density at radius 2 is 2.27 bits per heavy atom. The van der Waals surface area contributed by atoms with E-state index in [4.69, 9.17) is 5.11 Å². The number of nitrogens with zero attached hydrogens (tertiary/aromatic N) is 1. The highest BCUT2D eigenvalue weighted by Crippen LogP contribution is 2.12. The molecule has 15 heavy (non-hydrogen) atoms. The molecule has 0 saturated heterocycles. The summed E-state index contributed by atoms with van der Waals surface area (Å²) in [4.78, 5) is 4.49. The second kappa shape index (κ2) is 5.58. The summed E-state index contributed by atoms with van der Waals surface area (Å²) in [5, 5.41) is 15.6. The number of rotatable bonds is 6. The van der Waals surface area contributed by atoms with Crippen LogP contribution in [-0.4, -0.2) is 22.2 Å². The Morgan fingerprint density at radius 3 is 2.80 bits per heavy atom. The van der Waals surface area contributed by atoms with Gasteiger partial charge in [0.15, 0.2) is 0 Å². The third-order valence-electron chi connectivity index (χ3n) is 2.39. The number of aryl methyl sites for hydroxylation is 1. The van der Waals surface area contributed by atoms with Crippen LogP contribution in [0, 0.1) is 0 Å². The van der Waals surface area contributed by atoms with Crippen molar-refractivity contribution in [1.82, 2.24) is 10.3 Å². The van der Waals surface area contributed by atoms with E-state index >= 15 is 0 Å². The zero-order chi connectivity index (χ0) is 11.3. The SMILES string of the molecule is CCc1nc(CNC(C)(C)CCO)cs1. The van der Waals surface area contributed by atoms with Crippen LogP contribution in [0.2, 0.25) is 0 Å². The molecule has 0 spiro atoms. The van der Waals surface area contributed by atoms with Crippen LogP contribution in [0.25, 0.3) is 0 Å². The molecule has 0 aliphatic carbocycles. The van der Waals surface area contributed by atoms with Gasteiger partial charge in [-0.3, -0.25) is 0 Å². The predicted octanol–water partition coefficient (Wildman–Crippen LogP) is 1.96. The highest BCUT2D eigenvalue weighted by molar-refractivity contribution is 7.09. The summed E-state index contributed by atoms with van der Waals surface area (Å²) in [7, 11) is 0. The maximum absolute atomic E-state index is 8.89. The summed E-state index contributed by atoms with van der Waals surface area (Å²) >= 11 is 1.71. The van der Waals surface area contributed by atoms with Crippen LogP contribution in [0.4, 0.5) is 0 Å². The summed E-state index contributed by atoms with van der Waals surface area (Å²) in [6, 6.07) is 0. The van der Waals surface area contributed by atoms with Crippen molar-refractivity contribution in [2.45, 2.75) is 45.7 Å². The van der Waals surface area contributed by atoms with Gasteiger partial charge in [0.2, 0.25) is 0 Å². The van der Waals surface area contributed by atoms with Gasteiger partial charge in [0, 0.05) is 24.1 Å². The fourth-order valence-electron chi connectivity index (χ4n) is 1.29. The monoisotopic (exact) mass is 228 g/mol. The minimum atomic E-state index is -0.0231. The van der Waals surface area contributed by atoms with Crippen LogP contribution in [0.3, 0.4) is 0 Å². The van der Waals surface area contributed by atoms with Gasteiger partial charge in [0.25, 0.3) is 0 Å². The smallest absolute Gasteiger partial charge is 0.0926 e. The molecule has 0 aliphatic rings. The average molecular weight is 228 g/mol. The van der Waals surface area contributed by atoms with Gasteiger partial charge in [-0.05, 0) is 26.7 Å². The fourth-order valence-corrected chi connectivity index (χ4v) is 2.03. The van der Waals surface area contributed by atoms with E-state index < -0.39 is 0 Å². The lowest BCUT2D eigenvalue weighted by atomic mass is 10.0. The first-order valence-electron chi connectivity index (χ1n) is 5.36. The van der Waals surface area contributed by atoms with Gasteiger partial charge in [-0.1, -0.05) is 6.92 Å². The van der Waals surface area contributed by atoms with Crippen molar-refractivity contribution in [2.24, 2.45) is 0 Å². The first kappa shape index (κ1) is 12.6. The summed E-state index contributed by atoms with van der Waals surface area (Å²) in [6.07, 6.45) is 1.77. The lowest BCUT2D eigenvalue weighted by Crippen LogP contribution is -2.39. The van der Waals surface area contributed by atoms with Gasteiger partial charge < -0.3 is 10.4 Å². The van der Waals surface area contributed by atoms with Crippen molar-refractivity contribution in [1.29, 1.82) is 0 Å². The molecule has 0 amide bonds. The molecule has 1 aromatic rings. The second-order valence-electron chi connectivity index (χ2n) is 4.30. The quantitative estimate of drug-likeness (QED) is 0.782. The number of aliphatic hydroxyl groups is 1. The van der Waals surface area contributed by atoms with E-state index in [9.17, 15) is 0 Å². The Hall–Kier alpha value is -0.450. The van der Waals surface area contributed by atoms with Crippen molar-refractivity contribution in [3.63, 3.8) is 0 Å². The zero-order valence-corrected chi connectivity index (χ0v) is 10.5. The number of hydrogen-bond donors (Lipinski definition) is 2. The van der Waals surface area contributed by atoms with Crippen LogP contribution in [-0.2, 0) is 13.0 Å². The number of aliphatic hydroxyl groups excluding tert-OH is 1. The van der Waals surface area contributed by atoms with Gasteiger partial charge in [-0.2, -0.15) is 0 Å². The minimum Gasteiger partial charge on any atom is -0.396 e. The molecule has 0 atom stereocenters. The van der Waals surface area contributed by atoms with Gasteiger partial charge >= 0.3 is 0 Å². The lowest BCUT2D eigenvalue weighted by Gasteiger charge is -2.24. The van der Waals surface area contributed by atoms with E-state index in [1.54, 1.807) is 11.3 Å². The summed E-state index contributed by atoms with van der Waals surface area (Å²) in [5.41, 5.74) is 1.08. The van der Waals surface area contributed by atoms with Crippen molar-refractivity contribution in [3.8, 4) is 0 Å². The molecule has 0 fully saturated rings. The van der Waals surface area contributed by atoms with Gasteiger partial charge in [-0.15, -0.1) is 11.3 Å². The highest BCUT2D eigenvalue weighted by Gasteiger charge is 2.16. The first-order chi connectivity index (χ1) is 7.07. The summed E-state index contributed by atoms with van der Waals surface area (Å²) in [6.45, 7) is 7.30. The Morgan fingerprint density at radius 1 is 1.53 bits per heavy atom. The molecule has 4 heteroatoms. The van der Waals surface area contributed by atoms with Crippen LogP contribution >= 0.6 is 11.3 Å². The number of thiazole rings is 1. The van der Waals surface area contributed by atoms with E-state index in [0.717, 1.165) is 25.1 Å². The highest BCUT2D eigenvalue weighted by atomic mass is 32.1. The fraction of sp³-hybridized carbons (Fsp3) is 0.727. The first-order valence-corrected chi connectivity index (χ1v) is 6.24. The molecule has 2 N–H and O–H groups in total. The molecule has 0 aromatic carbocycles. The topological polar surface area (TPSA) is 45.2 Å². The Bertz CT molecular complexity index is 297. The molecule has 1 aromatic heterocycles. The van der Waals surface area contributed by atoms with E-state index in [1.807, 2.05) is 0 Å². The molecule has 1 heterocycles. The summed E-state index contributed by atoms with van der Waals surface area (Å²) < 4.78 is 0. The van der Waals surface area contributed by atoms with Crippen LogP contribution in [0.1, 0.15) is 37.9 Å². The van der Waals surface area contributed by atoms with Crippen LogP contribution < -0.4 is 5.32 Å². The Balaban J connectivity index is 2.42. The number of nitrogens with one attached hydrogen (secondary N) is 1. The maximum atomic E-state index is 8.89. The molecule has 86 valence electrons. The van der Waals surface area contributed by atoms with E-state index in [-0.39, 0.29) is 12.1 Å². The average Bonchev–Trinajstić information content (AvgIpc) is 2.62. The third-order valence-corrected chi connectivity index (χ3v) is 3.43. The number of hydrogen-bond acceptors (Lipinski definition) is 4. The summed E-state index contributed by atoms with van der Waals surface area (Å²) in [5.74, 6) is 0. The van der Waals surface area contributed by atoms with E-state index in [0.29, 0.717) is 0 Å². The minimum absolute atomic E-state index is 0.0231. The molecular formula is C11H20N2OS. The van der Waals surface area contributed by atoms with Crippen molar-refractivity contribution in [2.75, 3.05) is 6.61 Å². The van der Waals surface area contributed by atoms with E-state index in [1.165, 1.54) is 5.01 Å². The zero-order valence-electron chi connectivity index (χ0n) is 9.71. The molecule has 0 bridgehead atoms. The predicted molar refractivity (Wildman–Crippen MR) is 64.1 cm³/mol. The van der Waals surface area contributed by atoms with Gasteiger partial charge in [0.1, 0.15) is 0 Å². The molecule has 3 nitrogen and oxygen atoms in total. The molecule has 0 saturated carbocycles. The molecular weight excluding hydrogens is 208 g/mol. The van der Waals surface area contributed by atoms with Crippen LogP contribution in [0.5, 0.6) is 0 Å². The Kier molecular flexibility index (Phi) is 4.70. The van der Waals surface area contributed by atoms with Crippen molar-refractivity contribution >= 4 is 11.3 Å². The third kappa shape index (κ3) is 4.28. The van der Waals surface area contributed by atoms with Crippen LogP contribution in [0.15, 0.2) is 5.38 Å². The molecule has 0 aliphatic heterocycles. The molecule has 1 rings (SSSR count). The van der Waals surface area contributed by atoms with Gasteiger partial charge in [-0.25, -0.2) is 4.98 Å². The standard InChI is InChI=1S/C11H20N2OS/c1-4-10-13-9(8-15-10)7-12-11(2,3)5-6-14/h8,12,14H,4-7H2,1-3H3.